The van der Waals surface area contributed by atoms with Crippen LogP contribution in [0.25, 0.3) is 0 Å². The van der Waals surface area contributed by atoms with Crippen molar-refractivity contribution in [3.63, 3.8) is 0 Å². The van der Waals surface area contributed by atoms with Gasteiger partial charge in [-0.3, -0.25) is 19.7 Å². The highest BCUT2D eigenvalue weighted by atomic mass is 35.5. The SMILES string of the molecule is O=C(COC(=O)C1(c2cccc(Cl)c2)CCC1)Nc1cc([N+](=O)[O-])ccc1Cl. The van der Waals surface area contributed by atoms with Gasteiger partial charge in [-0.15, -0.1) is 0 Å². The van der Waals surface area contributed by atoms with Crippen molar-refractivity contribution in [3.05, 3.63) is 68.2 Å². The fourth-order valence-corrected chi connectivity index (χ4v) is 3.46. The molecule has 2 aromatic rings. The molecule has 0 bridgehead atoms. The van der Waals surface area contributed by atoms with Gasteiger partial charge in [-0.1, -0.05) is 41.8 Å². The van der Waals surface area contributed by atoms with E-state index < -0.39 is 28.8 Å². The number of nitrogens with one attached hydrogen (secondary N) is 1. The summed E-state index contributed by atoms with van der Waals surface area (Å²) in [5.41, 5.74) is -0.177. The van der Waals surface area contributed by atoms with Gasteiger partial charge in [-0.2, -0.15) is 0 Å². The first-order valence-corrected chi connectivity index (χ1v) is 9.24. The van der Waals surface area contributed by atoms with E-state index in [0.29, 0.717) is 17.9 Å². The molecule has 1 N–H and O–H groups in total. The third-order valence-electron chi connectivity index (χ3n) is 4.74. The van der Waals surface area contributed by atoms with Crippen molar-refractivity contribution in [1.82, 2.24) is 0 Å². The monoisotopic (exact) mass is 422 g/mol. The topological polar surface area (TPSA) is 98.5 Å². The lowest BCUT2D eigenvalue weighted by atomic mass is 9.64. The summed E-state index contributed by atoms with van der Waals surface area (Å²) in [6, 6.07) is 10.7. The van der Waals surface area contributed by atoms with E-state index in [2.05, 4.69) is 5.32 Å². The summed E-state index contributed by atoms with van der Waals surface area (Å²) in [4.78, 5) is 35.0. The zero-order valence-corrected chi connectivity index (χ0v) is 16.1. The molecular weight excluding hydrogens is 407 g/mol. The fraction of sp³-hybridized carbons (Fsp3) is 0.263. The summed E-state index contributed by atoms with van der Waals surface area (Å²) in [5, 5.41) is 13.9. The van der Waals surface area contributed by atoms with Crippen molar-refractivity contribution < 1.29 is 19.2 Å². The quantitative estimate of drug-likeness (QED) is 0.419. The Labute approximate surface area is 170 Å². The van der Waals surface area contributed by atoms with Crippen molar-refractivity contribution in [2.45, 2.75) is 24.7 Å². The van der Waals surface area contributed by atoms with Gasteiger partial charge in [0.2, 0.25) is 0 Å². The molecule has 1 amide bonds. The Morgan fingerprint density at radius 2 is 1.93 bits per heavy atom. The maximum atomic E-state index is 12.7. The first-order chi connectivity index (χ1) is 13.3. The predicted octanol–water partition coefficient (Wildman–Crippen LogP) is 4.51. The normalized spacial score (nSPS) is 14.6. The van der Waals surface area contributed by atoms with Crippen LogP contribution in [0.15, 0.2) is 42.5 Å². The lowest BCUT2D eigenvalue weighted by Crippen LogP contribution is -2.44. The van der Waals surface area contributed by atoms with Gasteiger partial charge in [0.1, 0.15) is 0 Å². The average Bonchev–Trinajstić information content (AvgIpc) is 2.61. The summed E-state index contributed by atoms with van der Waals surface area (Å²) in [7, 11) is 0. The van der Waals surface area contributed by atoms with Crippen LogP contribution in [0.1, 0.15) is 24.8 Å². The number of ether oxygens (including phenoxy) is 1. The van der Waals surface area contributed by atoms with Crippen molar-refractivity contribution in [2.75, 3.05) is 11.9 Å². The first-order valence-electron chi connectivity index (χ1n) is 8.49. The number of benzene rings is 2. The molecule has 7 nitrogen and oxygen atoms in total. The minimum absolute atomic E-state index is 0.0742. The molecule has 0 spiro atoms. The van der Waals surface area contributed by atoms with Crippen LogP contribution in [0.5, 0.6) is 0 Å². The minimum Gasteiger partial charge on any atom is -0.455 e. The number of halogens is 2. The molecule has 0 aliphatic heterocycles. The van der Waals surface area contributed by atoms with Gasteiger partial charge >= 0.3 is 5.97 Å². The van der Waals surface area contributed by atoms with Gasteiger partial charge in [0.25, 0.3) is 11.6 Å². The van der Waals surface area contributed by atoms with Crippen molar-refractivity contribution in [3.8, 4) is 0 Å². The van der Waals surface area contributed by atoms with Crippen molar-refractivity contribution >= 4 is 46.5 Å². The highest BCUT2D eigenvalue weighted by Crippen LogP contribution is 2.45. The smallest absolute Gasteiger partial charge is 0.317 e. The van der Waals surface area contributed by atoms with Crippen LogP contribution in [0.3, 0.4) is 0 Å². The Bertz CT molecular complexity index is 944. The molecule has 28 heavy (non-hydrogen) atoms. The second-order valence-corrected chi connectivity index (χ2v) is 7.34. The lowest BCUT2D eigenvalue weighted by molar-refractivity contribution is -0.384. The number of hydrogen-bond donors (Lipinski definition) is 1. The van der Waals surface area contributed by atoms with Gasteiger partial charge in [0.15, 0.2) is 6.61 Å². The van der Waals surface area contributed by atoms with Crippen LogP contribution >= 0.6 is 23.2 Å². The van der Waals surface area contributed by atoms with Crippen LogP contribution < -0.4 is 5.32 Å². The number of esters is 1. The van der Waals surface area contributed by atoms with E-state index in [1.165, 1.54) is 12.1 Å². The maximum Gasteiger partial charge on any atom is 0.317 e. The minimum atomic E-state index is -0.797. The van der Waals surface area contributed by atoms with Crippen LogP contribution in [0.2, 0.25) is 10.0 Å². The third-order valence-corrected chi connectivity index (χ3v) is 5.31. The number of amides is 1. The summed E-state index contributed by atoms with van der Waals surface area (Å²) in [5.74, 6) is -1.14. The van der Waals surface area contributed by atoms with E-state index >= 15 is 0 Å². The zero-order chi connectivity index (χ0) is 20.3. The van der Waals surface area contributed by atoms with Crippen LogP contribution in [0, 0.1) is 10.1 Å². The second-order valence-electron chi connectivity index (χ2n) is 6.49. The Hall–Kier alpha value is -2.64. The number of hydrogen-bond acceptors (Lipinski definition) is 5. The standard InChI is InChI=1S/C19H16Cl2N2O5/c20-13-4-1-3-12(9-13)19(7-2-8-19)18(25)28-11-17(24)22-16-10-14(23(26)27)5-6-15(16)21/h1,3-6,9-10H,2,7-8,11H2,(H,22,24). The number of non-ortho nitro benzene ring substituents is 1. The van der Waals surface area contributed by atoms with Crippen LogP contribution in [-0.2, 0) is 19.7 Å². The van der Waals surface area contributed by atoms with Crippen LogP contribution in [0.4, 0.5) is 11.4 Å². The van der Waals surface area contributed by atoms with E-state index in [1.54, 1.807) is 18.2 Å². The third kappa shape index (κ3) is 4.10. The molecule has 0 atom stereocenters. The summed E-state index contributed by atoms with van der Waals surface area (Å²) in [6.45, 7) is -0.528. The maximum absolute atomic E-state index is 12.7. The molecule has 0 aromatic heterocycles. The second kappa shape index (κ2) is 8.16. The van der Waals surface area contributed by atoms with Gasteiger partial charge in [0.05, 0.1) is 21.0 Å². The Balaban J connectivity index is 1.65. The molecule has 0 saturated heterocycles. The summed E-state index contributed by atoms with van der Waals surface area (Å²) in [6.07, 6.45) is 2.10. The van der Waals surface area contributed by atoms with Gasteiger partial charge in [-0.25, -0.2) is 0 Å². The number of carbonyl (C=O) groups excluding carboxylic acids is 2. The summed E-state index contributed by atoms with van der Waals surface area (Å²) < 4.78 is 5.22. The lowest BCUT2D eigenvalue weighted by Gasteiger charge is -2.39. The first kappa shape index (κ1) is 20.1. The Kier molecular flexibility index (Phi) is 5.86. The zero-order valence-electron chi connectivity index (χ0n) is 14.6. The number of carbonyl (C=O) groups is 2. The van der Waals surface area contributed by atoms with Crippen molar-refractivity contribution in [1.29, 1.82) is 0 Å². The van der Waals surface area contributed by atoms with Gasteiger partial charge in [-0.05, 0) is 36.6 Å². The molecule has 0 unspecified atom stereocenters. The number of anilines is 1. The van der Waals surface area contributed by atoms with Crippen molar-refractivity contribution in [2.24, 2.45) is 0 Å². The Morgan fingerprint density at radius 3 is 2.54 bits per heavy atom. The fourth-order valence-electron chi connectivity index (χ4n) is 3.11. The molecule has 1 aliphatic rings. The number of rotatable bonds is 6. The molecule has 0 heterocycles. The van der Waals surface area contributed by atoms with E-state index in [1.807, 2.05) is 6.07 Å². The van der Waals surface area contributed by atoms with Crippen LogP contribution in [-0.4, -0.2) is 23.4 Å². The average molecular weight is 423 g/mol. The molecule has 1 aliphatic carbocycles. The number of nitro benzene ring substituents is 1. The van der Waals surface area contributed by atoms with E-state index in [4.69, 9.17) is 27.9 Å². The molecule has 3 rings (SSSR count). The molecule has 1 fully saturated rings. The molecular formula is C19H16Cl2N2O5. The van der Waals surface area contributed by atoms with E-state index in [0.717, 1.165) is 18.1 Å². The molecule has 0 radical (unpaired) electrons. The molecule has 2 aromatic carbocycles. The number of nitro groups is 1. The largest absolute Gasteiger partial charge is 0.455 e. The van der Waals surface area contributed by atoms with E-state index in [-0.39, 0.29) is 16.4 Å². The van der Waals surface area contributed by atoms with Gasteiger partial charge < -0.3 is 10.1 Å². The molecule has 1 saturated carbocycles. The molecule has 146 valence electrons. The highest BCUT2D eigenvalue weighted by molar-refractivity contribution is 6.33. The van der Waals surface area contributed by atoms with Gasteiger partial charge in [0, 0.05) is 17.2 Å². The number of nitrogens with zero attached hydrogens (tertiary/aromatic N) is 1. The predicted molar refractivity (Wildman–Crippen MR) is 105 cm³/mol. The van der Waals surface area contributed by atoms with E-state index in [9.17, 15) is 19.7 Å². The highest BCUT2D eigenvalue weighted by Gasteiger charge is 2.47. The summed E-state index contributed by atoms with van der Waals surface area (Å²) >= 11 is 12.0. The Morgan fingerprint density at radius 1 is 1.18 bits per heavy atom. The molecule has 9 heteroatoms.